The van der Waals surface area contributed by atoms with E-state index >= 15 is 0 Å². The van der Waals surface area contributed by atoms with Gasteiger partial charge in [-0.05, 0) is 25.1 Å². The van der Waals surface area contributed by atoms with Crippen LogP contribution in [0.4, 0.5) is 13.2 Å². The van der Waals surface area contributed by atoms with E-state index in [1.165, 1.54) is 11.0 Å². The second-order valence-corrected chi connectivity index (χ2v) is 5.54. The van der Waals surface area contributed by atoms with Crippen LogP contribution in [-0.2, 0) is 10.9 Å². The Kier molecular flexibility index (Phi) is 4.99. The highest BCUT2D eigenvalue weighted by Gasteiger charge is 2.35. The van der Waals surface area contributed by atoms with E-state index in [1.54, 1.807) is 6.92 Å². The van der Waals surface area contributed by atoms with Crippen LogP contribution in [0.1, 0.15) is 22.8 Å². The number of aliphatic hydroxyl groups is 1. The van der Waals surface area contributed by atoms with Crippen LogP contribution in [0.25, 0.3) is 0 Å². The average molecular weight is 338 g/mol. The van der Waals surface area contributed by atoms with Crippen molar-refractivity contribution in [2.24, 2.45) is 0 Å². The number of carbonyl (C=O) groups is 1. The van der Waals surface area contributed by atoms with Gasteiger partial charge < -0.3 is 14.7 Å². The van der Waals surface area contributed by atoms with Crippen LogP contribution in [0.15, 0.2) is 18.2 Å². The molecule has 122 valence electrons. The van der Waals surface area contributed by atoms with E-state index in [-0.39, 0.29) is 31.4 Å². The van der Waals surface area contributed by atoms with Gasteiger partial charge in [-0.15, -0.1) is 0 Å². The summed E-state index contributed by atoms with van der Waals surface area (Å²) in [5.74, 6) is -0.545. The number of aliphatic hydroxyl groups excluding tert-OH is 1. The largest absolute Gasteiger partial charge is 0.417 e. The van der Waals surface area contributed by atoms with Crippen LogP contribution in [0.5, 0.6) is 0 Å². The van der Waals surface area contributed by atoms with Gasteiger partial charge in [0.05, 0.1) is 35.9 Å². The Labute approximate surface area is 130 Å². The number of rotatable bonds is 2. The lowest BCUT2D eigenvalue weighted by Crippen LogP contribution is -2.52. The predicted octanol–water partition coefficient (Wildman–Crippen LogP) is 2.58. The predicted molar refractivity (Wildman–Crippen MR) is 73.8 cm³/mol. The second-order valence-electron chi connectivity index (χ2n) is 5.14. The van der Waals surface area contributed by atoms with Crippen molar-refractivity contribution in [1.29, 1.82) is 0 Å². The Bertz CT molecular complexity index is 565. The molecule has 4 nitrogen and oxygen atoms in total. The molecular formula is C14H15ClF3NO3. The maximum Gasteiger partial charge on any atom is 0.417 e. The number of amides is 1. The van der Waals surface area contributed by atoms with E-state index in [4.69, 9.17) is 21.4 Å². The summed E-state index contributed by atoms with van der Waals surface area (Å²) in [4.78, 5) is 13.8. The van der Waals surface area contributed by atoms with Gasteiger partial charge in [-0.3, -0.25) is 4.79 Å². The Morgan fingerprint density at radius 3 is 2.77 bits per heavy atom. The molecule has 1 aromatic carbocycles. The number of ether oxygens (including phenoxy) is 1. The van der Waals surface area contributed by atoms with Gasteiger partial charge in [-0.25, -0.2) is 0 Å². The first-order chi connectivity index (χ1) is 10.2. The molecule has 0 spiro atoms. The summed E-state index contributed by atoms with van der Waals surface area (Å²) >= 11 is 5.55. The minimum absolute atomic E-state index is 0.0952. The first kappa shape index (κ1) is 17.1. The van der Waals surface area contributed by atoms with Gasteiger partial charge in [-0.1, -0.05) is 11.6 Å². The summed E-state index contributed by atoms with van der Waals surface area (Å²) in [5, 5.41) is 8.65. The van der Waals surface area contributed by atoms with E-state index in [0.717, 1.165) is 12.1 Å². The molecule has 0 aliphatic carbocycles. The molecule has 1 aliphatic rings. The number of hydrogen-bond acceptors (Lipinski definition) is 3. The molecule has 0 aromatic heterocycles. The number of benzene rings is 1. The minimum Gasteiger partial charge on any atom is -0.394 e. The maximum atomic E-state index is 12.9. The first-order valence-electron chi connectivity index (χ1n) is 6.64. The molecule has 8 heteroatoms. The summed E-state index contributed by atoms with van der Waals surface area (Å²) in [7, 11) is 0. The van der Waals surface area contributed by atoms with E-state index in [2.05, 4.69) is 0 Å². The van der Waals surface area contributed by atoms with Crippen molar-refractivity contribution in [2.45, 2.75) is 25.2 Å². The zero-order valence-corrected chi connectivity index (χ0v) is 12.5. The molecule has 22 heavy (non-hydrogen) atoms. The molecule has 0 radical (unpaired) electrons. The topological polar surface area (TPSA) is 49.8 Å². The molecule has 0 bridgehead atoms. The van der Waals surface area contributed by atoms with E-state index in [1.807, 2.05) is 0 Å². The molecule has 2 unspecified atom stereocenters. The zero-order valence-electron chi connectivity index (χ0n) is 11.7. The van der Waals surface area contributed by atoms with Crippen molar-refractivity contribution in [3.8, 4) is 0 Å². The lowest BCUT2D eigenvalue weighted by molar-refractivity contribution is -0.137. The number of morpholine rings is 1. The Morgan fingerprint density at radius 2 is 2.18 bits per heavy atom. The third kappa shape index (κ3) is 3.53. The summed E-state index contributed by atoms with van der Waals surface area (Å²) in [6.45, 7) is 1.81. The fourth-order valence-corrected chi connectivity index (χ4v) is 2.48. The van der Waals surface area contributed by atoms with E-state index in [9.17, 15) is 18.0 Å². The van der Waals surface area contributed by atoms with Gasteiger partial charge in [0, 0.05) is 12.1 Å². The van der Waals surface area contributed by atoms with Gasteiger partial charge in [-0.2, -0.15) is 13.2 Å². The standard InChI is InChI=1S/C14H15ClF3NO3/c1-8-7-22-10(6-20)5-19(8)13(21)9-2-3-12(15)11(4-9)14(16,17)18/h2-4,8,10,20H,5-7H2,1H3. The van der Waals surface area contributed by atoms with Gasteiger partial charge in [0.2, 0.25) is 0 Å². The molecule has 0 saturated carbocycles. The number of nitrogens with zero attached hydrogens (tertiary/aromatic N) is 1. The summed E-state index contributed by atoms with van der Waals surface area (Å²) < 4.78 is 43.9. The lowest BCUT2D eigenvalue weighted by Gasteiger charge is -2.37. The van der Waals surface area contributed by atoms with Crippen molar-refractivity contribution in [3.63, 3.8) is 0 Å². The smallest absolute Gasteiger partial charge is 0.394 e. The molecule has 1 saturated heterocycles. The third-order valence-electron chi connectivity index (χ3n) is 3.49. The maximum absolute atomic E-state index is 12.9. The Hall–Kier alpha value is -1.31. The molecular weight excluding hydrogens is 323 g/mol. The van der Waals surface area contributed by atoms with Crippen LogP contribution in [0.3, 0.4) is 0 Å². The van der Waals surface area contributed by atoms with Gasteiger partial charge >= 0.3 is 6.18 Å². The van der Waals surface area contributed by atoms with Crippen molar-refractivity contribution in [1.82, 2.24) is 4.90 Å². The highest BCUT2D eigenvalue weighted by Crippen LogP contribution is 2.35. The highest BCUT2D eigenvalue weighted by atomic mass is 35.5. The quantitative estimate of drug-likeness (QED) is 0.902. The molecule has 2 atom stereocenters. The van der Waals surface area contributed by atoms with Crippen LogP contribution in [0.2, 0.25) is 5.02 Å². The lowest BCUT2D eigenvalue weighted by atomic mass is 10.1. The highest BCUT2D eigenvalue weighted by molar-refractivity contribution is 6.31. The van der Waals surface area contributed by atoms with Crippen LogP contribution < -0.4 is 0 Å². The fourth-order valence-electron chi connectivity index (χ4n) is 2.25. The molecule has 1 aromatic rings. The summed E-state index contributed by atoms with van der Waals surface area (Å²) in [5.41, 5.74) is -1.14. The molecule has 1 amide bonds. The number of hydrogen-bond donors (Lipinski definition) is 1. The number of alkyl halides is 3. The van der Waals surface area contributed by atoms with E-state index in [0.29, 0.717) is 0 Å². The van der Waals surface area contributed by atoms with Crippen LogP contribution >= 0.6 is 11.6 Å². The monoisotopic (exact) mass is 337 g/mol. The van der Waals surface area contributed by atoms with Crippen molar-refractivity contribution in [3.05, 3.63) is 34.3 Å². The normalized spacial score (nSPS) is 22.7. The number of halogens is 4. The van der Waals surface area contributed by atoms with Crippen molar-refractivity contribution < 1.29 is 27.8 Å². The van der Waals surface area contributed by atoms with Crippen molar-refractivity contribution in [2.75, 3.05) is 19.8 Å². The molecule has 1 N–H and O–H groups in total. The van der Waals surface area contributed by atoms with Gasteiger partial charge in [0.25, 0.3) is 5.91 Å². The summed E-state index contributed by atoms with van der Waals surface area (Å²) in [6.07, 6.45) is -5.16. The van der Waals surface area contributed by atoms with Crippen LogP contribution in [-0.4, -0.2) is 47.8 Å². The molecule has 1 fully saturated rings. The molecule has 1 heterocycles. The fraction of sp³-hybridized carbons (Fsp3) is 0.500. The molecule has 2 rings (SSSR count). The van der Waals surface area contributed by atoms with Crippen molar-refractivity contribution >= 4 is 17.5 Å². The summed E-state index contributed by atoms with van der Waals surface area (Å²) in [6, 6.07) is 2.78. The second kappa shape index (κ2) is 6.44. The minimum atomic E-state index is -4.63. The Balaban J connectivity index is 2.29. The van der Waals surface area contributed by atoms with Gasteiger partial charge in [0.1, 0.15) is 0 Å². The third-order valence-corrected chi connectivity index (χ3v) is 3.82. The van der Waals surface area contributed by atoms with E-state index < -0.39 is 28.8 Å². The molecule has 1 aliphatic heterocycles. The zero-order chi connectivity index (χ0) is 16.5. The number of carbonyl (C=O) groups excluding carboxylic acids is 1. The Morgan fingerprint density at radius 1 is 1.50 bits per heavy atom. The van der Waals surface area contributed by atoms with Crippen LogP contribution in [0, 0.1) is 0 Å². The van der Waals surface area contributed by atoms with Gasteiger partial charge in [0.15, 0.2) is 0 Å². The average Bonchev–Trinajstić information content (AvgIpc) is 2.46. The first-order valence-corrected chi connectivity index (χ1v) is 7.02. The SMILES string of the molecule is CC1COC(CO)CN1C(=O)c1ccc(Cl)c(C(F)(F)F)c1.